The first kappa shape index (κ1) is 11.4. The minimum Gasteiger partial charge on any atom is -0.496 e. The van der Waals surface area contributed by atoms with Gasteiger partial charge in [0.05, 0.1) is 7.11 Å². The highest BCUT2D eigenvalue weighted by molar-refractivity contribution is 6.17. The molecular formula is C12H17ClO. The Bertz CT molecular complexity index is 318. The van der Waals surface area contributed by atoms with Crippen molar-refractivity contribution in [2.75, 3.05) is 7.11 Å². The van der Waals surface area contributed by atoms with Crippen LogP contribution in [-0.2, 0) is 5.88 Å². The van der Waals surface area contributed by atoms with Gasteiger partial charge < -0.3 is 4.74 Å². The fraction of sp³-hybridized carbons (Fsp3) is 0.500. The molecule has 14 heavy (non-hydrogen) atoms. The van der Waals surface area contributed by atoms with Crippen LogP contribution in [0.1, 0.15) is 36.5 Å². The Morgan fingerprint density at radius 2 is 2.00 bits per heavy atom. The molecule has 0 aromatic heterocycles. The number of alkyl halides is 1. The van der Waals surface area contributed by atoms with Crippen molar-refractivity contribution in [3.05, 3.63) is 28.8 Å². The molecule has 1 nitrogen and oxygen atoms in total. The van der Waals surface area contributed by atoms with Gasteiger partial charge in [0.25, 0.3) is 0 Å². The summed E-state index contributed by atoms with van der Waals surface area (Å²) in [5.74, 6) is 2.00. The van der Waals surface area contributed by atoms with Crippen LogP contribution in [0.2, 0.25) is 0 Å². The fourth-order valence-corrected chi connectivity index (χ4v) is 1.87. The standard InChI is InChI=1S/C12H17ClO/c1-8(2)11-6-12(14-4)9(3)5-10(11)7-13/h5-6,8H,7H2,1-4H3. The van der Waals surface area contributed by atoms with Gasteiger partial charge in [-0.1, -0.05) is 19.9 Å². The summed E-state index contributed by atoms with van der Waals surface area (Å²) in [6, 6.07) is 4.21. The molecule has 0 atom stereocenters. The molecule has 0 radical (unpaired) electrons. The van der Waals surface area contributed by atoms with Crippen molar-refractivity contribution in [3.63, 3.8) is 0 Å². The minimum atomic E-state index is 0.484. The summed E-state index contributed by atoms with van der Waals surface area (Å²) in [5, 5.41) is 0. The Morgan fingerprint density at radius 3 is 2.43 bits per heavy atom. The van der Waals surface area contributed by atoms with E-state index in [2.05, 4.69) is 26.0 Å². The maximum absolute atomic E-state index is 5.90. The van der Waals surface area contributed by atoms with Gasteiger partial charge in [-0.2, -0.15) is 0 Å². The van der Waals surface area contributed by atoms with Crippen molar-refractivity contribution in [1.29, 1.82) is 0 Å². The van der Waals surface area contributed by atoms with Gasteiger partial charge in [0.1, 0.15) is 5.75 Å². The predicted octanol–water partition coefficient (Wildman–Crippen LogP) is 3.87. The van der Waals surface area contributed by atoms with Crippen molar-refractivity contribution in [2.45, 2.75) is 32.6 Å². The van der Waals surface area contributed by atoms with Crippen LogP contribution in [0.4, 0.5) is 0 Å². The minimum absolute atomic E-state index is 0.484. The largest absolute Gasteiger partial charge is 0.496 e. The number of aryl methyl sites for hydroxylation is 1. The lowest BCUT2D eigenvalue weighted by Crippen LogP contribution is -1.98. The Balaban J connectivity index is 3.25. The van der Waals surface area contributed by atoms with Gasteiger partial charge in [0.15, 0.2) is 0 Å². The van der Waals surface area contributed by atoms with E-state index in [1.54, 1.807) is 7.11 Å². The third kappa shape index (κ3) is 2.21. The van der Waals surface area contributed by atoms with Crippen molar-refractivity contribution < 1.29 is 4.74 Å². The average Bonchev–Trinajstić information content (AvgIpc) is 2.16. The molecule has 1 aromatic rings. The van der Waals surface area contributed by atoms with E-state index in [4.69, 9.17) is 16.3 Å². The van der Waals surface area contributed by atoms with Crippen LogP contribution in [-0.4, -0.2) is 7.11 Å². The van der Waals surface area contributed by atoms with E-state index in [1.807, 2.05) is 6.92 Å². The third-order valence-corrected chi connectivity index (χ3v) is 2.71. The smallest absolute Gasteiger partial charge is 0.122 e. The van der Waals surface area contributed by atoms with Crippen LogP contribution in [0.15, 0.2) is 12.1 Å². The zero-order valence-corrected chi connectivity index (χ0v) is 9.98. The number of hydrogen-bond acceptors (Lipinski definition) is 1. The predicted molar refractivity (Wildman–Crippen MR) is 61.4 cm³/mol. The second-order valence-electron chi connectivity index (χ2n) is 3.81. The zero-order chi connectivity index (χ0) is 10.7. The number of hydrogen-bond donors (Lipinski definition) is 0. The first-order chi connectivity index (χ1) is 6.60. The fourth-order valence-electron chi connectivity index (χ4n) is 1.64. The highest BCUT2D eigenvalue weighted by Crippen LogP contribution is 2.28. The molecule has 0 N–H and O–H groups in total. The summed E-state index contributed by atoms with van der Waals surface area (Å²) in [5.41, 5.74) is 3.63. The molecule has 2 heteroatoms. The van der Waals surface area contributed by atoms with E-state index in [1.165, 1.54) is 11.1 Å². The molecule has 0 saturated carbocycles. The van der Waals surface area contributed by atoms with E-state index in [0.29, 0.717) is 11.8 Å². The van der Waals surface area contributed by atoms with Crippen LogP contribution in [0.5, 0.6) is 5.75 Å². The van der Waals surface area contributed by atoms with E-state index in [-0.39, 0.29) is 0 Å². The molecule has 0 bridgehead atoms. The van der Waals surface area contributed by atoms with E-state index in [0.717, 1.165) is 11.3 Å². The van der Waals surface area contributed by atoms with E-state index < -0.39 is 0 Å². The van der Waals surface area contributed by atoms with Crippen LogP contribution >= 0.6 is 11.6 Å². The average molecular weight is 213 g/mol. The second-order valence-corrected chi connectivity index (χ2v) is 4.08. The normalized spacial score (nSPS) is 10.7. The highest BCUT2D eigenvalue weighted by Gasteiger charge is 2.09. The van der Waals surface area contributed by atoms with Gasteiger partial charge >= 0.3 is 0 Å². The summed E-state index contributed by atoms with van der Waals surface area (Å²) in [7, 11) is 1.70. The number of methoxy groups -OCH3 is 1. The van der Waals surface area contributed by atoms with Gasteiger partial charge in [0, 0.05) is 5.88 Å². The lowest BCUT2D eigenvalue weighted by molar-refractivity contribution is 0.410. The summed E-state index contributed by atoms with van der Waals surface area (Å²) >= 11 is 5.90. The van der Waals surface area contributed by atoms with E-state index in [9.17, 15) is 0 Å². The maximum atomic E-state index is 5.90. The molecule has 1 rings (SSSR count). The summed E-state index contributed by atoms with van der Waals surface area (Å²) in [6.07, 6.45) is 0. The Hall–Kier alpha value is -0.690. The quantitative estimate of drug-likeness (QED) is 0.692. The number of rotatable bonds is 3. The van der Waals surface area contributed by atoms with Crippen molar-refractivity contribution >= 4 is 11.6 Å². The monoisotopic (exact) mass is 212 g/mol. The molecule has 0 aliphatic heterocycles. The van der Waals surface area contributed by atoms with Crippen molar-refractivity contribution in [3.8, 4) is 5.75 Å². The van der Waals surface area contributed by atoms with Gasteiger partial charge in [0.2, 0.25) is 0 Å². The first-order valence-electron chi connectivity index (χ1n) is 4.83. The van der Waals surface area contributed by atoms with Gasteiger partial charge in [-0.25, -0.2) is 0 Å². The van der Waals surface area contributed by atoms with Crippen molar-refractivity contribution in [1.82, 2.24) is 0 Å². The summed E-state index contributed by atoms with van der Waals surface area (Å²) in [6.45, 7) is 6.37. The van der Waals surface area contributed by atoms with E-state index >= 15 is 0 Å². The topological polar surface area (TPSA) is 9.23 Å². The number of benzene rings is 1. The zero-order valence-electron chi connectivity index (χ0n) is 9.23. The molecule has 0 amide bonds. The molecule has 0 fully saturated rings. The maximum Gasteiger partial charge on any atom is 0.122 e. The van der Waals surface area contributed by atoms with Gasteiger partial charge in [-0.3, -0.25) is 0 Å². The Kier molecular flexibility index (Phi) is 3.82. The number of ether oxygens (including phenoxy) is 1. The van der Waals surface area contributed by atoms with Crippen LogP contribution in [0.25, 0.3) is 0 Å². The molecular weight excluding hydrogens is 196 g/mol. The lowest BCUT2D eigenvalue weighted by Gasteiger charge is -2.14. The molecule has 0 aliphatic carbocycles. The van der Waals surface area contributed by atoms with Gasteiger partial charge in [-0.15, -0.1) is 11.6 Å². The molecule has 0 spiro atoms. The molecule has 0 aliphatic rings. The lowest BCUT2D eigenvalue weighted by atomic mass is 9.96. The van der Waals surface area contributed by atoms with Crippen LogP contribution < -0.4 is 4.74 Å². The Morgan fingerprint density at radius 1 is 1.36 bits per heavy atom. The molecule has 0 heterocycles. The van der Waals surface area contributed by atoms with Gasteiger partial charge in [-0.05, 0) is 35.6 Å². The number of halogens is 1. The molecule has 1 aromatic carbocycles. The molecule has 78 valence electrons. The summed E-state index contributed by atoms with van der Waals surface area (Å²) < 4.78 is 5.29. The molecule has 0 saturated heterocycles. The van der Waals surface area contributed by atoms with Crippen LogP contribution in [0, 0.1) is 6.92 Å². The third-order valence-electron chi connectivity index (χ3n) is 2.42. The highest BCUT2D eigenvalue weighted by atomic mass is 35.5. The molecule has 0 unspecified atom stereocenters. The second kappa shape index (κ2) is 4.70. The summed E-state index contributed by atoms with van der Waals surface area (Å²) in [4.78, 5) is 0. The first-order valence-corrected chi connectivity index (χ1v) is 5.37. The van der Waals surface area contributed by atoms with Crippen LogP contribution in [0.3, 0.4) is 0 Å². The van der Waals surface area contributed by atoms with Crippen molar-refractivity contribution in [2.24, 2.45) is 0 Å². The SMILES string of the molecule is COc1cc(C(C)C)c(CCl)cc1C. The Labute approximate surface area is 91.0 Å².